The highest BCUT2D eigenvalue weighted by atomic mass is 19.1. The SMILES string of the molecule is CCC(CC)NC(=O)Nc1ccc(Oc2ccc(NC(=O)c3ccc(OC4CCN(C)CC4)cc3)c(F)c2)cc1F. The fraction of sp³-hybridized carbons (Fsp3) is 0.355. The van der Waals surface area contributed by atoms with Gasteiger partial charge in [-0.05, 0) is 81.3 Å². The molecule has 0 saturated carbocycles. The maximum atomic E-state index is 14.8. The summed E-state index contributed by atoms with van der Waals surface area (Å²) in [6.07, 6.45) is 3.58. The highest BCUT2D eigenvalue weighted by Gasteiger charge is 2.18. The summed E-state index contributed by atoms with van der Waals surface area (Å²) in [5, 5.41) is 7.81. The van der Waals surface area contributed by atoms with Crippen LogP contribution in [0.1, 0.15) is 49.9 Å². The Morgan fingerprint density at radius 2 is 1.39 bits per heavy atom. The van der Waals surface area contributed by atoms with Crippen molar-refractivity contribution in [2.24, 2.45) is 0 Å². The minimum Gasteiger partial charge on any atom is -0.490 e. The summed E-state index contributed by atoms with van der Waals surface area (Å²) in [4.78, 5) is 27.1. The number of carbonyl (C=O) groups is 2. The maximum Gasteiger partial charge on any atom is 0.319 e. The number of nitrogens with one attached hydrogen (secondary N) is 3. The van der Waals surface area contributed by atoms with Gasteiger partial charge in [-0.15, -0.1) is 0 Å². The first-order chi connectivity index (χ1) is 19.7. The summed E-state index contributed by atoms with van der Waals surface area (Å²) < 4.78 is 41.0. The van der Waals surface area contributed by atoms with E-state index >= 15 is 0 Å². The van der Waals surface area contributed by atoms with Gasteiger partial charge in [0, 0.05) is 36.8 Å². The number of ether oxygens (including phenoxy) is 2. The van der Waals surface area contributed by atoms with E-state index in [1.165, 1.54) is 24.3 Å². The van der Waals surface area contributed by atoms with E-state index in [9.17, 15) is 18.4 Å². The van der Waals surface area contributed by atoms with Crippen molar-refractivity contribution in [2.45, 2.75) is 51.7 Å². The molecule has 4 rings (SSSR count). The smallest absolute Gasteiger partial charge is 0.319 e. The Kier molecular flexibility index (Phi) is 10.1. The van der Waals surface area contributed by atoms with Gasteiger partial charge in [0.05, 0.1) is 11.4 Å². The van der Waals surface area contributed by atoms with Gasteiger partial charge in [-0.1, -0.05) is 13.8 Å². The fourth-order valence-electron chi connectivity index (χ4n) is 4.47. The van der Waals surface area contributed by atoms with Gasteiger partial charge in [-0.3, -0.25) is 4.79 Å². The van der Waals surface area contributed by atoms with Crippen molar-refractivity contribution in [1.82, 2.24) is 10.2 Å². The molecule has 10 heteroatoms. The molecule has 1 heterocycles. The molecule has 3 N–H and O–H groups in total. The van der Waals surface area contributed by atoms with Crippen LogP contribution in [0.5, 0.6) is 17.2 Å². The van der Waals surface area contributed by atoms with E-state index in [1.54, 1.807) is 24.3 Å². The molecule has 1 fully saturated rings. The fourth-order valence-corrected chi connectivity index (χ4v) is 4.47. The Labute approximate surface area is 239 Å². The minimum absolute atomic E-state index is 0.00247. The summed E-state index contributed by atoms with van der Waals surface area (Å²) >= 11 is 0. The Morgan fingerprint density at radius 1 is 0.854 bits per heavy atom. The van der Waals surface area contributed by atoms with Gasteiger partial charge in [0.1, 0.15) is 35.0 Å². The van der Waals surface area contributed by atoms with Crippen LogP contribution >= 0.6 is 0 Å². The van der Waals surface area contributed by atoms with Crippen molar-refractivity contribution in [1.29, 1.82) is 0 Å². The zero-order chi connectivity index (χ0) is 29.4. The van der Waals surface area contributed by atoms with Crippen LogP contribution in [0, 0.1) is 11.6 Å². The molecular weight excluding hydrogens is 530 g/mol. The van der Waals surface area contributed by atoms with Crippen LogP contribution in [-0.4, -0.2) is 49.1 Å². The number of hydrogen-bond acceptors (Lipinski definition) is 5. The lowest BCUT2D eigenvalue weighted by atomic mass is 10.1. The topological polar surface area (TPSA) is 91.9 Å². The molecule has 8 nitrogen and oxygen atoms in total. The Bertz CT molecular complexity index is 1340. The van der Waals surface area contributed by atoms with Gasteiger partial charge in [0.2, 0.25) is 0 Å². The molecule has 0 radical (unpaired) electrons. The lowest BCUT2D eigenvalue weighted by molar-refractivity contribution is 0.102. The molecular formula is C31H36F2N4O4. The van der Waals surface area contributed by atoms with Gasteiger partial charge in [0.25, 0.3) is 5.91 Å². The number of nitrogens with zero attached hydrogens (tertiary/aromatic N) is 1. The molecule has 1 aliphatic rings. The molecule has 218 valence electrons. The molecule has 1 aliphatic heterocycles. The molecule has 0 aliphatic carbocycles. The molecule has 1 saturated heterocycles. The lowest BCUT2D eigenvalue weighted by Gasteiger charge is -2.29. The van der Waals surface area contributed by atoms with E-state index in [0.29, 0.717) is 11.3 Å². The molecule has 0 unspecified atom stereocenters. The van der Waals surface area contributed by atoms with Gasteiger partial charge in [-0.25, -0.2) is 13.6 Å². The van der Waals surface area contributed by atoms with Crippen molar-refractivity contribution < 1.29 is 27.8 Å². The molecule has 41 heavy (non-hydrogen) atoms. The van der Waals surface area contributed by atoms with Crippen LogP contribution in [-0.2, 0) is 0 Å². The molecule has 3 aromatic rings. The predicted molar refractivity (Wildman–Crippen MR) is 155 cm³/mol. The van der Waals surface area contributed by atoms with Crippen molar-refractivity contribution in [3.8, 4) is 17.2 Å². The lowest BCUT2D eigenvalue weighted by Crippen LogP contribution is -2.37. The van der Waals surface area contributed by atoms with Crippen LogP contribution in [0.15, 0.2) is 60.7 Å². The molecule has 0 atom stereocenters. The third-order valence-corrected chi connectivity index (χ3v) is 7.02. The van der Waals surface area contributed by atoms with E-state index in [4.69, 9.17) is 9.47 Å². The number of carbonyl (C=O) groups excluding carboxylic acids is 2. The van der Waals surface area contributed by atoms with Crippen LogP contribution < -0.4 is 25.4 Å². The van der Waals surface area contributed by atoms with Crippen LogP contribution in [0.4, 0.5) is 25.0 Å². The Morgan fingerprint density at radius 3 is 1.93 bits per heavy atom. The molecule has 3 amide bonds. The zero-order valence-electron chi connectivity index (χ0n) is 23.5. The Hall–Kier alpha value is -4.18. The van der Waals surface area contributed by atoms with E-state index in [0.717, 1.165) is 50.9 Å². The highest BCUT2D eigenvalue weighted by Crippen LogP contribution is 2.29. The number of amides is 3. The summed E-state index contributed by atoms with van der Waals surface area (Å²) in [6, 6.07) is 14.1. The van der Waals surface area contributed by atoms with E-state index in [1.807, 2.05) is 13.8 Å². The number of halogens is 2. The van der Waals surface area contributed by atoms with Crippen molar-refractivity contribution in [3.63, 3.8) is 0 Å². The number of likely N-dealkylation sites (tertiary alicyclic amines) is 1. The molecule has 0 spiro atoms. The van der Waals surface area contributed by atoms with E-state index < -0.39 is 23.6 Å². The normalized spacial score (nSPS) is 14.0. The predicted octanol–water partition coefficient (Wildman–Crippen LogP) is 6.79. The third kappa shape index (κ3) is 8.40. The minimum atomic E-state index is -0.713. The number of rotatable bonds is 10. The molecule has 0 aromatic heterocycles. The van der Waals surface area contributed by atoms with Crippen LogP contribution in [0.2, 0.25) is 0 Å². The number of anilines is 2. The first kappa shape index (κ1) is 29.8. The second kappa shape index (κ2) is 13.9. The third-order valence-electron chi connectivity index (χ3n) is 7.02. The monoisotopic (exact) mass is 566 g/mol. The summed E-state index contributed by atoms with van der Waals surface area (Å²) in [5.74, 6) is -0.963. The number of urea groups is 1. The molecule has 0 bridgehead atoms. The van der Waals surface area contributed by atoms with Crippen molar-refractivity contribution in [2.75, 3.05) is 30.8 Å². The maximum absolute atomic E-state index is 14.8. The van der Waals surface area contributed by atoms with Gasteiger partial charge < -0.3 is 30.3 Å². The standard InChI is InChI=1S/C31H36F2N4O4/c1-4-21(5-2)34-31(39)36-29-13-11-25(19-27(29)33)41-24-10-12-28(26(32)18-24)35-30(38)20-6-8-22(9-7-20)40-23-14-16-37(3)17-15-23/h6-13,18-19,21,23H,4-5,14-17H2,1-3H3,(H,35,38)(H2,34,36,39). The van der Waals surface area contributed by atoms with Gasteiger partial charge in [0.15, 0.2) is 0 Å². The first-order valence-corrected chi connectivity index (χ1v) is 13.8. The summed E-state index contributed by atoms with van der Waals surface area (Å²) in [6.45, 7) is 5.88. The summed E-state index contributed by atoms with van der Waals surface area (Å²) in [7, 11) is 2.09. The summed E-state index contributed by atoms with van der Waals surface area (Å²) in [5.41, 5.74) is 0.327. The zero-order valence-corrected chi connectivity index (χ0v) is 23.5. The van der Waals surface area contributed by atoms with E-state index in [-0.39, 0.29) is 35.0 Å². The van der Waals surface area contributed by atoms with Crippen molar-refractivity contribution in [3.05, 3.63) is 77.9 Å². The molecule has 3 aromatic carbocycles. The highest BCUT2D eigenvalue weighted by molar-refractivity contribution is 6.04. The van der Waals surface area contributed by atoms with Gasteiger partial charge in [-0.2, -0.15) is 0 Å². The number of hydrogen-bond donors (Lipinski definition) is 3. The van der Waals surface area contributed by atoms with Crippen molar-refractivity contribution >= 4 is 23.3 Å². The quantitative estimate of drug-likeness (QED) is 0.251. The second-order valence-corrected chi connectivity index (χ2v) is 10.1. The number of piperidine rings is 1. The largest absolute Gasteiger partial charge is 0.490 e. The Balaban J connectivity index is 1.32. The average molecular weight is 567 g/mol. The second-order valence-electron chi connectivity index (χ2n) is 10.1. The van der Waals surface area contributed by atoms with Gasteiger partial charge >= 0.3 is 6.03 Å². The van der Waals surface area contributed by atoms with Crippen LogP contribution in [0.3, 0.4) is 0 Å². The van der Waals surface area contributed by atoms with E-state index in [2.05, 4.69) is 27.9 Å². The average Bonchev–Trinajstić information content (AvgIpc) is 2.96. The van der Waals surface area contributed by atoms with Crippen LogP contribution in [0.25, 0.3) is 0 Å². The first-order valence-electron chi connectivity index (χ1n) is 13.8. The number of benzene rings is 3.